The minimum Gasteiger partial charge on any atom is -0.497 e. The molecule has 0 radical (unpaired) electrons. The van der Waals surface area contributed by atoms with E-state index in [9.17, 15) is 14.0 Å². The van der Waals surface area contributed by atoms with Gasteiger partial charge in [-0.15, -0.1) is 11.3 Å². The van der Waals surface area contributed by atoms with Crippen molar-refractivity contribution in [3.05, 3.63) is 87.4 Å². The third-order valence-corrected chi connectivity index (χ3v) is 6.89. The van der Waals surface area contributed by atoms with Crippen LogP contribution in [-0.4, -0.2) is 41.8 Å². The number of carbonyl (C=O) groups is 2. The second kappa shape index (κ2) is 10.8. The Bertz CT molecular complexity index is 1120. The minimum atomic E-state index is -0.309. The lowest BCUT2D eigenvalue weighted by molar-refractivity contribution is -0.133. The number of hydrogen-bond acceptors (Lipinski definition) is 4. The van der Waals surface area contributed by atoms with Gasteiger partial charge in [-0.05, 0) is 79.8 Å². The molecule has 1 aliphatic carbocycles. The van der Waals surface area contributed by atoms with Crippen molar-refractivity contribution in [2.24, 2.45) is 5.92 Å². The highest BCUT2D eigenvalue weighted by molar-refractivity contribution is 7.11. The Balaban J connectivity index is 1.52. The second-order valence-electron chi connectivity index (χ2n) is 8.75. The van der Waals surface area contributed by atoms with E-state index < -0.39 is 0 Å². The number of halogens is 1. The smallest absolute Gasteiger partial charge is 0.254 e. The maximum Gasteiger partial charge on any atom is 0.254 e. The van der Waals surface area contributed by atoms with Gasteiger partial charge in [-0.25, -0.2) is 4.39 Å². The Hall–Kier alpha value is -3.19. The van der Waals surface area contributed by atoms with E-state index in [0.29, 0.717) is 36.9 Å². The number of amides is 2. The first-order valence-electron chi connectivity index (χ1n) is 11.4. The van der Waals surface area contributed by atoms with E-state index in [2.05, 4.69) is 0 Å². The van der Waals surface area contributed by atoms with Crippen molar-refractivity contribution in [3.63, 3.8) is 0 Å². The van der Waals surface area contributed by atoms with E-state index in [1.165, 1.54) is 17.0 Å². The van der Waals surface area contributed by atoms with Crippen LogP contribution < -0.4 is 4.74 Å². The quantitative estimate of drug-likeness (QED) is 0.396. The highest BCUT2D eigenvalue weighted by Crippen LogP contribution is 2.30. The molecule has 1 heterocycles. The molecule has 1 fully saturated rings. The molecular weight excluding hydrogens is 451 g/mol. The number of methoxy groups -OCH3 is 1. The number of aryl methyl sites for hydroxylation is 1. The van der Waals surface area contributed by atoms with Crippen LogP contribution >= 0.6 is 11.3 Å². The summed E-state index contributed by atoms with van der Waals surface area (Å²) in [5.74, 6) is 0.532. The second-order valence-corrected chi connectivity index (χ2v) is 10.1. The molecule has 1 aliphatic rings. The predicted octanol–water partition coefficient (Wildman–Crippen LogP) is 5.29. The minimum absolute atomic E-state index is 0.00686. The molecule has 0 N–H and O–H groups in total. The molecule has 2 aromatic carbocycles. The SMILES string of the molecule is COc1ccc(C(=O)N(CC(=O)N(Cc2ccc(F)cc2)Cc2ccc(C)s2)CC2CC2)cc1. The van der Waals surface area contributed by atoms with Crippen LogP contribution in [-0.2, 0) is 17.9 Å². The standard InChI is InChI=1S/C27H29FN2O3S/c1-19-3-14-25(34-19)17-29(15-21-6-10-23(28)11-7-21)26(31)18-30(16-20-4-5-20)27(32)22-8-12-24(33-2)13-9-22/h3,6-14,20H,4-5,15-18H2,1-2H3. The monoisotopic (exact) mass is 480 g/mol. The van der Waals surface area contributed by atoms with Crippen LogP contribution in [0.15, 0.2) is 60.7 Å². The summed E-state index contributed by atoms with van der Waals surface area (Å²) in [5.41, 5.74) is 1.38. The van der Waals surface area contributed by atoms with Gasteiger partial charge in [0.2, 0.25) is 5.91 Å². The van der Waals surface area contributed by atoms with Crippen LogP contribution in [0.2, 0.25) is 0 Å². The van der Waals surface area contributed by atoms with Gasteiger partial charge < -0.3 is 14.5 Å². The lowest BCUT2D eigenvalue weighted by atomic mass is 10.1. The van der Waals surface area contributed by atoms with Crippen molar-refractivity contribution in [1.82, 2.24) is 9.80 Å². The van der Waals surface area contributed by atoms with Crippen molar-refractivity contribution < 1.29 is 18.7 Å². The van der Waals surface area contributed by atoms with Crippen LogP contribution in [0, 0.1) is 18.7 Å². The maximum atomic E-state index is 13.5. The molecule has 3 aromatic rings. The molecule has 178 valence electrons. The topological polar surface area (TPSA) is 49.9 Å². The summed E-state index contributed by atoms with van der Waals surface area (Å²) in [5, 5.41) is 0. The fourth-order valence-corrected chi connectivity index (χ4v) is 4.72. The van der Waals surface area contributed by atoms with E-state index >= 15 is 0 Å². The van der Waals surface area contributed by atoms with E-state index in [1.54, 1.807) is 64.6 Å². The van der Waals surface area contributed by atoms with Gasteiger partial charge in [-0.1, -0.05) is 12.1 Å². The van der Waals surface area contributed by atoms with E-state index in [4.69, 9.17) is 4.74 Å². The van der Waals surface area contributed by atoms with Gasteiger partial charge >= 0.3 is 0 Å². The Morgan fingerprint density at radius 1 is 0.971 bits per heavy atom. The summed E-state index contributed by atoms with van der Waals surface area (Å²) in [7, 11) is 1.58. The molecule has 0 bridgehead atoms. The Morgan fingerprint density at radius 3 is 2.26 bits per heavy atom. The first kappa shape index (κ1) is 24.0. The number of thiophene rings is 1. The Kier molecular flexibility index (Phi) is 7.63. The van der Waals surface area contributed by atoms with Crippen LogP contribution in [0.1, 0.15) is 38.5 Å². The summed E-state index contributed by atoms with van der Waals surface area (Å²) in [6, 6.07) is 17.2. The van der Waals surface area contributed by atoms with Crippen molar-refractivity contribution in [1.29, 1.82) is 0 Å². The fraction of sp³-hybridized carbons (Fsp3) is 0.333. The predicted molar refractivity (Wildman–Crippen MR) is 131 cm³/mol. The zero-order valence-electron chi connectivity index (χ0n) is 19.5. The highest BCUT2D eigenvalue weighted by atomic mass is 32.1. The van der Waals surface area contributed by atoms with Gasteiger partial charge in [0.25, 0.3) is 5.91 Å². The summed E-state index contributed by atoms with van der Waals surface area (Å²) < 4.78 is 18.6. The molecule has 0 atom stereocenters. The molecule has 2 amide bonds. The summed E-state index contributed by atoms with van der Waals surface area (Å²) in [6.07, 6.45) is 2.16. The number of nitrogens with zero attached hydrogens (tertiary/aromatic N) is 2. The molecule has 0 saturated heterocycles. The normalized spacial score (nSPS) is 12.9. The number of hydrogen-bond donors (Lipinski definition) is 0. The first-order chi connectivity index (χ1) is 16.4. The molecule has 0 spiro atoms. The van der Waals surface area contributed by atoms with Gasteiger partial charge in [0, 0.05) is 28.4 Å². The van der Waals surface area contributed by atoms with Crippen molar-refractivity contribution in [3.8, 4) is 5.75 Å². The summed E-state index contributed by atoms with van der Waals surface area (Å²) in [6.45, 7) is 3.41. The van der Waals surface area contributed by atoms with Crippen LogP contribution in [0.5, 0.6) is 5.75 Å². The molecular formula is C27H29FN2O3S. The van der Waals surface area contributed by atoms with Crippen molar-refractivity contribution >= 4 is 23.2 Å². The molecule has 0 aliphatic heterocycles. The number of carbonyl (C=O) groups excluding carboxylic acids is 2. The lowest BCUT2D eigenvalue weighted by Gasteiger charge is -2.28. The van der Waals surface area contributed by atoms with Crippen LogP contribution in [0.4, 0.5) is 4.39 Å². The largest absolute Gasteiger partial charge is 0.497 e. The van der Waals surface area contributed by atoms with Gasteiger partial charge in [0.1, 0.15) is 18.1 Å². The zero-order chi connectivity index (χ0) is 24.1. The van der Waals surface area contributed by atoms with Crippen LogP contribution in [0.25, 0.3) is 0 Å². The van der Waals surface area contributed by atoms with Gasteiger partial charge in [-0.2, -0.15) is 0 Å². The van der Waals surface area contributed by atoms with Crippen molar-refractivity contribution in [2.45, 2.75) is 32.9 Å². The third-order valence-electron chi connectivity index (χ3n) is 5.91. The molecule has 34 heavy (non-hydrogen) atoms. The number of benzene rings is 2. The number of ether oxygens (including phenoxy) is 1. The summed E-state index contributed by atoms with van der Waals surface area (Å²) >= 11 is 1.65. The molecule has 1 aromatic heterocycles. The maximum absolute atomic E-state index is 13.5. The Morgan fingerprint density at radius 2 is 1.68 bits per heavy atom. The molecule has 1 saturated carbocycles. The van der Waals surface area contributed by atoms with Gasteiger partial charge in [0.05, 0.1) is 13.7 Å². The van der Waals surface area contributed by atoms with E-state index in [0.717, 1.165) is 23.3 Å². The van der Waals surface area contributed by atoms with Gasteiger partial charge in [-0.3, -0.25) is 9.59 Å². The zero-order valence-corrected chi connectivity index (χ0v) is 20.3. The highest BCUT2D eigenvalue weighted by Gasteiger charge is 2.30. The Labute approximate surface area is 203 Å². The van der Waals surface area contributed by atoms with E-state index in [1.807, 2.05) is 19.1 Å². The van der Waals surface area contributed by atoms with E-state index in [-0.39, 0.29) is 24.2 Å². The number of rotatable bonds is 10. The average molecular weight is 481 g/mol. The first-order valence-corrected chi connectivity index (χ1v) is 12.2. The molecule has 4 rings (SSSR count). The molecule has 5 nitrogen and oxygen atoms in total. The average Bonchev–Trinajstić information content (AvgIpc) is 3.57. The molecule has 7 heteroatoms. The fourth-order valence-electron chi connectivity index (χ4n) is 3.81. The molecule has 0 unspecified atom stereocenters. The van der Waals surface area contributed by atoms with Gasteiger partial charge in [0.15, 0.2) is 0 Å². The van der Waals surface area contributed by atoms with Crippen LogP contribution in [0.3, 0.4) is 0 Å². The summed E-state index contributed by atoms with van der Waals surface area (Å²) in [4.78, 5) is 32.5. The van der Waals surface area contributed by atoms with Crippen molar-refractivity contribution in [2.75, 3.05) is 20.2 Å². The third kappa shape index (κ3) is 6.44. The lowest BCUT2D eigenvalue weighted by Crippen LogP contribution is -2.43.